The van der Waals surface area contributed by atoms with E-state index in [4.69, 9.17) is 4.42 Å². The molecule has 2 rings (SSSR count). The highest BCUT2D eigenvalue weighted by molar-refractivity contribution is 5.60. The summed E-state index contributed by atoms with van der Waals surface area (Å²) in [5, 5.41) is 3.14. The minimum Gasteiger partial charge on any atom is -0.459 e. The predicted molar refractivity (Wildman–Crippen MR) is 70.7 cm³/mol. The lowest BCUT2D eigenvalue weighted by molar-refractivity contribution is 0.425. The van der Waals surface area contributed by atoms with Gasteiger partial charge in [0.15, 0.2) is 23.3 Å². The molecule has 1 heterocycles. The normalized spacial score (nSPS) is 12.7. The van der Waals surface area contributed by atoms with Gasteiger partial charge in [-0.2, -0.15) is 0 Å². The van der Waals surface area contributed by atoms with Crippen LogP contribution in [-0.4, -0.2) is 6.54 Å². The quantitative estimate of drug-likeness (QED) is 0.647. The first-order chi connectivity index (χ1) is 9.95. The molecule has 0 amide bonds. The molecule has 0 radical (unpaired) electrons. The maximum Gasteiger partial charge on any atom is 0.172 e. The van der Waals surface area contributed by atoms with E-state index in [1.807, 2.05) is 13.8 Å². The van der Waals surface area contributed by atoms with Crippen molar-refractivity contribution in [2.45, 2.75) is 26.3 Å². The van der Waals surface area contributed by atoms with Gasteiger partial charge in [-0.25, -0.2) is 17.6 Å². The molecule has 1 aromatic heterocycles. The summed E-state index contributed by atoms with van der Waals surface area (Å²) in [7, 11) is 0. The average molecular weight is 301 g/mol. The number of hydrogen-bond donors (Lipinski definition) is 1. The fraction of sp³-hybridized carbons (Fsp3) is 0.333. The van der Waals surface area contributed by atoms with E-state index in [9.17, 15) is 17.6 Å². The molecule has 21 heavy (non-hydrogen) atoms. The Morgan fingerprint density at radius 1 is 1.10 bits per heavy atom. The second-order valence-corrected chi connectivity index (χ2v) is 4.72. The van der Waals surface area contributed by atoms with Gasteiger partial charge in [0.2, 0.25) is 0 Å². The second-order valence-electron chi connectivity index (χ2n) is 4.72. The molecule has 114 valence electrons. The third-order valence-corrected chi connectivity index (χ3v) is 3.11. The van der Waals surface area contributed by atoms with Crippen LogP contribution in [0.1, 0.15) is 32.1 Å². The van der Waals surface area contributed by atoms with Gasteiger partial charge in [-0.3, -0.25) is 0 Å². The first-order valence-corrected chi connectivity index (χ1v) is 6.62. The molecule has 0 aliphatic heterocycles. The predicted octanol–water partition coefficient (Wildman–Crippen LogP) is 4.56. The van der Waals surface area contributed by atoms with Crippen molar-refractivity contribution in [2.24, 2.45) is 0 Å². The number of nitrogens with one attached hydrogen (secondary N) is 1. The second kappa shape index (κ2) is 6.30. The van der Waals surface area contributed by atoms with Crippen molar-refractivity contribution in [3.05, 3.63) is 47.2 Å². The largest absolute Gasteiger partial charge is 0.459 e. The van der Waals surface area contributed by atoms with E-state index >= 15 is 0 Å². The number of rotatable bonds is 5. The van der Waals surface area contributed by atoms with Crippen LogP contribution in [-0.2, 0) is 0 Å². The maximum absolute atomic E-state index is 13.7. The summed E-state index contributed by atoms with van der Waals surface area (Å²) in [5.74, 6) is -5.67. The average Bonchev–Trinajstić information content (AvgIpc) is 2.92. The van der Waals surface area contributed by atoms with Crippen LogP contribution in [0.25, 0.3) is 11.3 Å². The van der Waals surface area contributed by atoms with Crippen LogP contribution >= 0.6 is 0 Å². The Morgan fingerprint density at radius 3 is 2.29 bits per heavy atom. The standard InChI is InChI=1S/C15H15F4NO/c1-3-6-20-8(2)11-4-5-12(21-11)13-14(18)9(16)7-10(17)15(13)19/h4-5,7-8,20H,3,6H2,1-2H3. The van der Waals surface area contributed by atoms with Crippen molar-refractivity contribution >= 4 is 0 Å². The molecule has 0 saturated heterocycles. The van der Waals surface area contributed by atoms with Gasteiger partial charge in [-0.15, -0.1) is 0 Å². The molecule has 2 aromatic rings. The molecule has 0 aliphatic rings. The Hall–Kier alpha value is -1.82. The fourth-order valence-corrected chi connectivity index (χ4v) is 1.97. The topological polar surface area (TPSA) is 25.2 Å². The summed E-state index contributed by atoms with van der Waals surface area (Å²) in [6, 6.07) is 2.80. The molecular formula is C15H15F4NO. The minimum atomic E-state index is -1.47. The van der Waals surface area contributed by atoms with Crippen molar-refractivity contribution in [2.75, 3.05) is 6.54 Å². The summed E-state index contributed by atoms with van der Waals surface area (Å²) in [6.45, 7) is 4.55. The molecule has 0 bridgehead atoms. The molecule has 0 aliphatic carbocycles. The van der Waals surface area contributed by atoms with Crippen LogP contribution in [0.5, 0.6) is 0 Å². The monoisotopic (exact) mass is 301 g/mol. The lowest BCUT2D eigenvalue weighted by atomic mass is 10.1. The van der Waals surface area contributed by atoms with E-state index in [1.165, 1.54) is 12.1 Å². The molecule has 0 fully saturated rings. The highest BCUT2D eigenvalue weighted by Gasteiger charge is 2.23. The SMILES string of the molecule is CCCNC(C)c1ccc(-c2c(F)c(F)cc(F)c2F)o1. The Bertz CT molecular complexity index is 613. The zero-order valence-corrected chi connectivity index (χ0v) is 11.6. The zero-order chi connectivity index (χ0) is 15.6. The Morgan fingerprint density at radius 2 is 1.71 bits per heavy atom. The third kappa shape index (κ3) is 3.10. The van der Waals surface area contributed by atoms with Gasteiger partial charge in [0.05, 0.1) is 11.6 Å². The van der Waals surface area contributed by atoms with E-state index in [0.29, 0.717) is 5.76 Å². The van der Waals surface area contributed by atoms with E-state index < -0.39 is 28.8 Å². The first-order valence-electron chi connectivity index (χ1n) is 6.62. The fourth-order valence-electron chi connectivity index (χ4n) is 1.97. The van der Waals surface area contributed by atoms with Crippen molar-refractivity contribution in [3.8, 4) is 11.3 Å². The van der Waals surface area contributed by atoms with E-state index in [2.05, 4.69) is 5.32 Å². The summed E-state index contributed by atoms with van der Waals surface area (Å²) in [6.07, 6.45) is 0.913. The molecule has 6 heteroatoms. The summed E-state index contributed by atoms with van der Waals surface area (Å²) < 4.78 is 59.1. The molecule has 1 unspecified atom stereocenters. The summed E-state index contributed by atoms with van der Waals surface area (Å²) >= 11 is 0. The summed E-state index contributed by atoms with van der Waals surface area (Å²) in [5.41, 5.74) is -0.832. The number of benzene rings is 1. The van der Waals surface area contributed by atoms with Crippen LogP contribution in [0.15, 0.2) is 22.6 Å². The molecule has 0 spiro atoms. The van der Waals surface area contributed by atoms with E-state index in [-0.39, 0.29) is 17.9 Å². The van der Waals surface area contributed by atoms with Crippen molar-refractivity contribution in [3.63, 3.8) is 0 Å². The van der Waals surface area contributed by atoms with Crippen LogP contribution in [0.3, 0.4) is 0 Å². The highest BCUT2D eigenvalue weighted by atomic mass is 19.2. The molecule has 2 nitrogen and oxygen atoms in total. The van der Waals surface area contributed by atoms with Crippen LogP contribution in [0.4, 0.5) is 17.6 Å². The van der Waals surface area contributed by atoms with Gasteiger partial charge in [-0.1, -0.05) is 6.92 Å². The number of furan rings is 1. The highest BCUT2D eigenvalue weighted by Crippen LogP contribution is 2.32. The number of halogens is 4. The zero-order valence-electron chi connectivity index (χ0n) is 11.6. The Labute approximate surface area is 119 Å². The molecular weight excluding hydrogens is 286 g/mol. The third-order valence-electron chi connectivity index (χ3n) is 3.11. The van der Waals surface area contributed by atoms with Crippen LogP contribution < -0.4 is 5.32 Å². The van der Waals surface area contributed by atoms with Crippen molar-refractivity contribution < 1.29 is 22.0 Å². The molecule has 1 atom stereocenters. The molecule has 1 aromatic carbocycles. The van der Waals surface area contributed by atoms with E-state index in [1.54, 1.807) is 0 Å². The van der Waals surface area contributed by atoms with Gasteiger partial charge < -0.3 is 9.73 Å². The van der Waals surface area contributed by atoms with Gasteiger partial charge in [0.1, 0.15) is 11.5 Å². The van der Waals surface area contributed by atoms with Gasteiger partial charge in [0, 0.05) is 6.07 Å². The van der Waals surface area contributed by atoms with Crippen LogP contribution in [0.2, 0.25) is 0 Å². The van der Waals surface area contributed by atoms with Gasteiger partial charge in [0.25, 0.3) is 0 Å². The van der Waals surface area contributed by atoms with Crippen LogP contribution in [0, 0.1) is 23.3 Å². The first kappa shape index (κ1) is 15.6. The van der Waals surface area contributed by atoms with Crippen molar-refractivity contribution in [1.82, 2.24) is 5.32 Å². The number of hydrogen-bond acceptors (Lipinski definition) is 2. The Balaban J connectivity index is 2.38. The summed E-state index contributed by atoms with van der Waals surface area (Å²) in [4.78, 5) is 0. The van der Waals surface area contributed by atoms with E-state index in [0.717, 1.165) is 13.0 Å². The Kier molecular flexibility index (Phi) is 4.67. The molecule has 1 N–H and O–H groups in total. The lowest BCUT2D eigenvalue weighted by Gasteiger charge is -2.10. The van der Waals surface area contributed by atoms with Gasteiger partial charge >= 0.3 is 0 Å². The maximum atomic E-state index is 13.7. The van der Waals surface area contributed by atoms with Crippen molar-refractivity contribution in [1.29, 1.82) is 0 Å². The smallest absolute Gasteiger partial charge is 0.172 e. The minimum absolute atomic E-state index is 0.170. The van der Waals surface area contributed by atoms with Gasteiger partial charge in [-0.05, 0) is 32.0 Å². The molecule has 0 saturated carbocycles. The lowest BCUT2D eigenvalue weighted by Crippen LogP contribution is -2.18.